The second-order valence-corrected chi connectivity index (χ2v) is 14.5. The SMILES string of the molecule is [CH2-]c1ccc(C(CC(CCC)c2ccc(C)cc2)CC(CC(CC(CC)c2ccc(C)cc2)c2ccccc2)c2ccc(C)cc2)cc1.[Y]. The van der Waals surface area contributed by atoms with Crippen molar-refractivity contribution in [2.75, 3.05) is 0 Å². The van der Waals surface area contributed by atoms with Crippen molar-refractivity contribution in [3.8, 4) is 0 Å². The Kier molecular flexibility index (Phi) is 15.4. The molecule has 5 aromatic rings. The summed E-state index contributed by atoms with van der Waals surface area (Å²) in [5.74, 6) is 2.43. The molecule has 0 aliphatic heterocycles. The summed E-state index contributed by atoms with van der Waals surface area (Å²) in [6, 6.07) is 48.6. The van der Waals surface area contributed by atoms with E-state index in [0.29, 0.717) is 29.6 Å². The molecule has 1 radical (unpaired) electrons. The number of hydrogen-bond acceptors (Lipinski definition) is 0. The van der Waals surface area contributed by atoms with Gasteiger partial charge >= 0.3 is 0 Å². The van der Waals surface area contributed by atoms with E-state index in [-0.39, 0.29) is 32.7 Å². The molecule has 0 fully saturated rings. The second-order valence-electron chi connectivity index (χ2n) is 14.5. The fourth-order valence-corrected chi connectivity index (χ4v) is 7.82. The predicted octanol–water partition coefficient (Wildman–Crippen LogP) is 13.8. The van der Waals surface area contributed by atoms with Gasteiger partial charge in [-0.1, -0.05) is 146 Å². The van der Waals surface area contributed by atoms with Gasteiger partial charge in [0.05, 0.1) is 0 Å². The fourth-order valence-electron chi connectivity index (χ4n) is 7.82. The minimum atomic E-state index is 0. The van der Waals surface area contributed by atoms with Gasteiger partial charge < -0.3 is 0 Å². The van der Waals surface area contributed by atoms with Crippen molar-refractivity contribution in [1.82, 2.24) is 0 Å². The number of benzene rings is 5. The predicted molar refractivity (Wildman–Crippen MR) is 208 cm³/mol. The molecule has 0 spiro atoms. The van der Waals surface area contributed by atoms with Crippen LogP contribution in [0.3, 0.4) is 0 Å². The van der Waals surface area contributed by atoms with Gasteiger partial charge in [-0.25, -0.2) is 0 Å². The van der Waals surface area contributed by atoms with Gasteiger partial charge in [0.1, 0.15) is 0 Å². The monoisotopic (exact) mass is 722 g/mol. The van der Waals surface area contributed by atoms with Crippen LogP contribution in [0.15, 0.2) is 127 Å². The summed E-state index contributed by atoms with van der Waals surface area (Å²) >= 11 is 0. The Labute approximate surface area is 324 Å². The maximum absolute atomic E-state index is 4.22. The van der Waals surface area contributed by atoms with Gasteiger partial charge in [-0.15, -0.1) is 12.1 Å². The molecule has 0 nitrogen and oxygen atoms in total. The molecule has 253 valence electrons. The van der Waals surface area contributed by atoms with Crippen molar-refractivity contribution < 1.29 is 32.7 Å². The molecule has 1 heteroatoms. The first kappa shape index (κ1) is 38.9. The molecule has 0 aromatic heterocycles. The Hall–Kier alpha value is -2.93. The Morgan fingerprint density at radius 3 is 1.14 bits per heavy atom. The van der Waals surface area contributed by atoms with Gasteiger partial charge in [0, 0.05) is 32.7 Å². The zero-order chi connectivity index (χ0) is 33.9. The van der Waals surface area contributed by atoms with Crippen molar-refractivity contribution in [3.63, 3.8) is 0 Å². The molecule has 5 aromatic carbocycles. The van der Waals surface area contributed by atoms with Gasteiger partial charge in [-0.05, 0) is 111 Å². The standard InChI is InChI=1S/C48H57.Y/c1-7-12-45(42-25-17-36(4)18-26-42)32-47(43-27-19-37(5)20-28-43)34-48(44-29-21-38(6)22-30-44)33-46(40-13-10-9-11-14-40)31-39(8-2)41-23-15-35(3)16-24-41;/h9-11,13-30,39,45-48H,5,7-8,12,31-34H2,1-4,6H3;/q-1;. The average Bonchev–Trinajstić information content (AvgIpc) is 3.11. The zero-order valence-corrected chi connectivity index (χ0v) is 33.6. The molecule has 5 unspecified atom stereocenters. The zero-order valence-electron chi connectivity index (χ0n) is 30.7. The van der Waals surface area contributed by atoms with Crippen LogP contribution in [0.1, 0.15) is 138 Å². The van der Waals surface area contributed by atoms with Crippen molar-refractivity contribution in [2.24, 2.45) is 0 Å². The summed E-state index contributed by atoms with van der Waals surface area (Å²) in [5, 5.41) is 0. The first-order chi connectivity index (χ1) is 23.3. The molecule has 0 amide bonds. The van der Waals surface area contributed by atoms with E-state index in [0.717, 1.165) is 37.7 Å². The van der Waals surface area contributed by atoms with Gasteiger partial charge in [0.15, 0.2) is 0 Å². The minimum absolute atomic E-state index is 0. The van der Waals surface area contributed by atoms with Crippen LogP contribution in [0.25, 0.3) is 0 Å². The molecule has 0 aliphatic rings. The fraction of sp³-hybridized carbons (Fsp3) is 0.354. The summed E-state index contributed by atoms with van der Waals surface area (Å²) in [6.07, 6.45) is 8.15. The molecule has 5 rings (SSSR count). The average molecular weight is 723 g/mol. The van der Waals surface area contributed by atoms with Gasteiger partial charge in [-0.3, -0.25) is 0 Å². The third-order valence-electron chi connectivity index (χ3n) is 10.8. The third kappa shape index (κ3) is 11.3. The third-order valence-corrected chi connectivity index (χ3v) is 10.8. The molecular formula is C48H57Y-. The van der Waals surface area contributed by atoms with E-state index in [1.165, 1.54) is 57.3 Å². The van der Waals surface area contributed by atoms with E-state index in [9.17, 15) is 0 Å². The molecule has 0 aliphatic carbocycles. The van der Waals surface area contributed by atoms with Crippen molar-refractivity contribution >= 4 is 0 Å². The van der Waals surface area contributed by atoms with Gasteiger partial charge in [0.25, 0.3) is 0 Å². The van der Waals surface area contributed by atoms with Gasteiger partial charge in [0.2, 0.25) is 0 Å². The van der Waals surface area contributed by atoms with Crippen LogP contribution >= 0.6 is 0 Å². The molecule has 0 saturated heterocycles. The summed E-state index contributed by atoms with van der Waals surface area (Å²) in [4.78, 5) is 0. The van der Waals surface area contributed by atoms with E-state index in [2.05, 4.69) is 169 Å². The van der Waals surface area contributed by atoms with Crippen LogP contribution in [0.2, 0.25) is 0 Å². The first-order valence-corrected chi connectivity index (χ1v) is 18.5. The quantitative estimate of drug-likeness (QED) is 0.0890. The number of aryl methyl sites for hydroxylation is 3. The maximum atomic E-state index is 4.22. The first-order valence-electron chi connectivity index (χ1n) is 18.5. The summed E-state index contributed by atoms with van der Waals surface area (Å²) in [7, 11) is 0. The van der Waals surface area contributed by atoms with E-state index >= 15 is 0 Å². The van der Waals surface area contributed by atoms with E-state index in [1.54, 1.807) is 0 Å². The topological polar surface area (TPSA) is 0 Å². The van der Waals surface area contributed by atoms with Crippen LogP contribution < -0.4 is 0 Å². The van der Waals surface area contributed by atoms with Crippen molar-refractivity contribution in [1.29, 1.82) is 0 Å². The Morgan fingerprint density at radius 2 is 0.735 bits per heavy atom. The maximum Gasteiger partial charge on any atom is 0 e. The van der Waals surface area contributed by atoms with Crippen LogP contribution in [0, 0.1) is 27.7 Å². The normalized spacial score (nSPS) is 14.3. The summed E-state index contributed by atoms with van der Waals surface area (Å²) in [5.41, 5.74) is 12.4. The van der Waals surface area contributed by atoms with Crippen LogP contribution in [0.5, 0.6) is 0 Å². The molecule has 0 bridgehead atoms. The summed E-state index contributed by atoms with van der Waals surface area (Å²) < 4.78 is 0. The number of rotatable bonds is 16. The van der Waals surface area contributed by atoms with E-state index < -0.39 is 0 Å². The van der Waals surface area contributed by atoms with Crippen LogP contribution in [0.4, 0.5) is 0 Å². The van der Waals surface area contributed by atoms with Crippen LogP contribution in [-0.2, 0) is 32.7 Å². The van der Waals surface area contributed by atoms with Crippen molar-refractivity contribution in [3.05, 3.63) is 184 Å². The number of hydrogen-bond donors (Lipinski definition) is 0. The Balaban J connectivity index is 0.00000541. The van der Waals surface area contributed by atoms with Crippen molar-refractivity contribution in [2.45, 2.75) is 109 Å². The van der Waals surface area contributed by atoms with E-state index in [1.807, 2.05) is 0 Å². The summed E-state index contributed by atoms with van der Waals surface area (Å²) in [6.45, 7) is 15.5. The molecule has 5 atom stereocenters. The molecule has 0 saturated carbocycles. The largest absolute Gasteiger partial charge is 0.199 e. The smallest absolute Gasteiger partial charge is 0 e. The second kappa shape index (κ2) is 19.5. The Morgan fingerprint density at radius 1 is 0.408 bits per heavy atom. The van der Waals surface area contributed by atoms with Gasteiger partial charge in [-0.2, -0.15) is 24.6 Å². The molecule has 49 heavy (non-hydrogen) atoms. The Bertz CT molecular complexity index is 1630. The minimum Gasteiger partial charge on any atom is -0.199 e. The molecule has 0 heterocycles. The van der Waals surface area contributed by atoms with Crippen LogP contribution in [-0.4, -0.2) is 0 Å². The van der Waals surface area contributed by atoms with E-state index in [4.69, 9.17) is 0 Å². The molecular weight excluding hydrogens is 665 g/mol. The molecule has 0 N–H and O–H groups in total.